The number of benzene rings is 1. The van der Waals surface area contributed by atoms with Crippen molar-refractivity contribution in [2.45, 2.75) is 6.61 Å². The van der Waals surface area contributed by atoms with E-state index in [4.69, 9.17) is 4.74 Å². The number of halogens is 2. The SMILES string of the molecule is C[NH+](CC(=O)Nc1ccc(OC(F)F)cc1)CC(=O)N1CCOCC1. The quantitative estimate of drug-likeness (QED) is 0.696. The van der Waals surface area contributed by atoms with Gasteiger partial charge in [0.25, 0.3) is 11.8 Å². The fraction of sp³-hybridized carbons (Fsp3) is 0.500. The zero-order chi connectivity index (χ0) is 18.2. The van der Waals surface area contributed by atoms with Gasteiger partial charge in [0.2, 0.25) is 0 Å². The normalized spacial score (nSPS) is 15.8. The number of anilines is 1. The molecule has 7 nitrogen and oxygen atoms in total. The van der Waals surface area contributed by atoms with Crippen LogP contribution in [-0.2, 0) is 14.3 Å². The molecule has 2 amide bonds. The Labute approximate surface area is 144 Å². The van der Waals surface area contributed by atoms with Crippen LogP contribution in [0.15, 0.2) is 24.3 Å². The van der Waals surface area contributed by atoms with Crippen LogP contribution in [0.5, 0.6) is 5.75 Å². The lowest BCUT2D eigenvalue weighted by Crippen LogP contribution is -3.11. The maximum Gasteiger partial charge on any atom is 0.387 e. The van der Waals surface area contributed by atoms with Crippen LogP contribution in [0, 0.1) is 0 Å². The van der Waals surface area contributed by atoms with Gasteiger partial charge in [-0.2, -0.15) is 8.78 Å². The third-order valence-corrected chi connectivity index (χ3v) is 3.64. The standard InChI is InChI=1S/C16H21F2N3O4/c1-20(11-15(23)21-6-8-24-9-7-21)10-14(22)19-12-2-4-13(5-3-12)25-16(17)18/h2-5,16H,6-11H2,1H3,(H,19,22)/p+1. The smallest absolute Gasteiger partial charge is 0.387 e. The van der Waals surface area contributed by atoms with Crippen molar-refractivity contribution in [3.05, 3.63) is 24.3 Å². The Morgan fingerprint density at radius 1 is 1.24 bits per heavy atom. The summed E-state index contributed by atoms with van der Waals surface area (Å²) in [6.45, 7) is -0.328. The zero-order valence-corrected chi connectivity index (χ0v) is 14.0. The van der Waals surface area contributed by atoms with E-state index < -0.39 is 6.61 Å². The molecule has 0 aromatic heterocycles. The topological polar surface area (TPSA) is 72.3 Å². The van der Waals surface area contributed by atoms with Gasteiger partial charge in [-0.1, -0.05) is 0 Å². The Bertz CT molecular complexity index is 577. The molecular formula is C16H22F2N3O4+. The Morgan fingerprint density at radius 3 is 2.48 bits per heavy atom. The highest BCUT2D eigenvalue weighted by Gasteiger charge is 2.21. The predicted octanol–water partition coefficient (Wildman–Crippen LogP) is -0.400. The van der Waals surface area contributed by atoms with Crippen molar-refractivity contribution in [1.82, 2.24) is 4.90 Å². The number of carbonyl (C=O) groups is 2. The molecule has 9 heteroatoms. The molecule has 0 aliphatic carbocycles. The van der Waals surface area contributed by atoms with E-state index >= 15 is 0 Å². The first-order valence-corrected chi connectivity index (χ1v) is 7.95. The summed E-state index contributed by atoms with van der Waals surface area (Å²) in [4.78, 5) is 26.6. The maximum atomic E-state index is 12.1. The molecule has 1 heterocycles. The average molecular weight is 358 g/mol. The van der Waals surface area contributed by atoms with Gasteiger partial charge in [-0.25, -0.2) is 0 Å². The summed E-state index contributed by atoms with van der Waals surface area (Å²) in [6.07, 6.45) is 0. The molecule has 1 aliphatic rings. The number of ether oxygens (including phenoxy) is 2. The summed E-state index contributed by atoms with van der Waals surface area (Å²) < 4.78 is 33.6. The largest absolute Gasteiger partial charge is 0.435 e. The maximum absolute atomic E-state index is 12.1. The van der Waals surface area contributed by atoms with Crippen LogP contribution in [0.3, 0.4) is 0 Å². The van der Waals surface area contributed by atoms with Crippen molar-refractivity contribution in [1.29, 1.82) is 0 Å². The van der Waals surface area contributed by atoms with Gasteiger partial charge in [0, 0.05) is 18.8 Å². The van der Waals surface area contributed by atoms with E-state index in [0.717, 1.165) is 4.90 Å². The van der Waals surface area contributed by atoms with Gasteiger partial charge in [0.05, 0.1) is 20.3 Å². The van der Waals surface area contributed by atoms with E-state index in [2.05, 4.69) is 10.1 Å². The lowest BCUT2D eigenvalue weighted by Gasteiger charge is -2.27. The van der Waals surface area contributed by atoms with Gasteiger partial charge in [-0.05, 0) is 24.3 Å². The molecule has 0 spiro atoms. The molecular weight excluding hydrogens is 336 g/mol. The molecule has 138 valence electrons. The number of likely N-dealkylation sites (N-methyl/N-ethyl adjacent to an activating group) is 1. The lowest BCUT2D eigenvalue weighted by atomic mass is 10.3. The molecule has 1 unspecified atom stereocenters. The van der Waals surface area contributed by atoms with Gasteiger partial charge in [0.15, 0.2) is 13.1 Å². The second-order valence-electron chi connectivity index (χ2n) is 5.75. The fourth-order valence-electron chi connectivity index (χ4n) is 2.44. The van der Waals surface area contributed by atoms with Gasteiger partial charge in [-0.3, -0.25) is 9.59 Å². The summed E-state index contributed by atoms with van der Waals surface area (Å²) in [5.41, 5.74) is 0.471. The van der Waals surface area contributed by atoms with E-state index in [0.29, 0.717) is 32.0 Å². The first-order valence-electron chi connectivity index (χ1n) is 7.95. The monoisotopic (exact) mass is 358 g/mol. The van der Waals surface area contributed by atoms with Crippen molar-refractivity contribution in [2.24, 2.45) is 0 Å². The Kier molecular flexibility index (Phi) is 7.08. The number of rotatable bonds is 7. The molecule has 25 heavy (non-hydrogen) atoms. The van der Waals surface area contributed by atoms with Crippen molar-refractivity contribution in [2.75, 3.05) is 51.8 Å². The van der Waals surface area contributed by atoms with Crippen LogP contribution in [0.1, 0.15) is 0 Å². The van der Waals surface area contributed by atoms with Crippen molar-refractivity contribution in [3.63, 3.8) is 0 Å². The summed E-state index contributed by atoms with van der Waals surface area (Å²) in [5, 5.41) is 2.66. The molecule has 1 atom stereocenters. The fourth-order valence-corrected chi connectivity index (χ4v) is 2.44. The van der Waals surface area contributed by atoms with Gasteiger partial charge >= 0.3 is 6.61 Å². The van der Waals surface area contributed by atoms with E-state index in [1.54, 1.807) is 11.9 Å². The predicted molar refractivity (Wildman–Crippen MR) is 85.7 cm³/mol. The number of hydrogen-bond donors (Lipinski definition) is 2. The second-order valence-corrected chi connectivity index (χ2v) is 5.75. The van der Waals surface area contributed by atoms with Crippen LogP contribution >= 0.6 is 0 Å². The average Bonchev–Trinajstić information content (AvgIpc) is 2.56. The number of morpholine rings is 1. The van der Waals surface area contributed by atoms with Crippen LogP contribution in [0.2, 0.25) is 0 Å². The molecule has 2 rings (SSSR count). The first kappa shape index (κ1) is 19.1. The first-order chi connectivity index (χ1) is 11.9. The van der Waals surface area contributed by atoms with Gasteiger partial charge < -0.3 is 24.6 Å². The lowest BCUT2D eigenvalue weighted by molar-refractivity contribution is -0.862. The number of nitrogens with one attached hydrogen (secondary N) is 2. The second kappa shape index (κ2) is 9.28. The number of alkyl halides is 2. The molecule has 1 aromatic rings. The van der Waals surface area contributed by atoms with E-state index in [9.17, 15) is 18.4 Å². The zero-order valence-electron chi connectivity index (χ0n) is 14.0. The molecule has 0 radical (unpaired) electrons. The summed E-state index contributed by atoms with van der Waals surface area (Å²) in [5.74, 6) is -0.260. The number of hydrogen-bond acceptors (Lipinski definition) is 4. The number of carbonyl (C=O) groups excluding carboxylic acids is 2. The van der Waals surface area contributed by atoms with Crippen molar-refractivity contribution in [3.8, 4) is 5.75 Å². The van der Waals surface area contributed by atoms with Gasteiger partial charge in [-0.15, -0.1) is 0 Å². The molecule has 0 saturated carbocycles. The van der Waals surface area contributed by atoms with E-state index in [-0.39, 0.29) is 30.7 Å². The van der Waals surface area contributed by atoms with E-state index in [1.165, 1.54) is 24.3 Å². The third-order valence-electron chi connectivity index (χ3n) is 3.64. The molecule has 2 N–H and O–H groups in total. The van der Waals surface area contributed by atoms with Crippen molar-refractivity contribution < 1.29 is 32.7 Å². The van der Waals surface area contributed by atoms with Crippen molar-refractivity contribution >= 4 is 17.5 Å². The minimum atomic E-state index is -2.89. The summed E-state index contributed by atoms with van der Waals surface area (Å²) in [7, 11) is 1.76. The number of quaternary nitrogens is 1. The Hall–Kier alpha value is -2.26. The minimum absolute atomic E-state index is 0.0119. The van der Waals surface area contributed by atoms with Crippen LogP contribution < -0.4 is 15.0 Å². The van der Waals surface area contributed by atoms with E-state index in [1.807, 2.05) is 0 Å². The molecule has 1 aromatic carbocycles. The molecule has 1 fully saturated rings. The van der Waals surface area contributed by atoms with Gasteiger partial charge in [0.1, 0.15) is 5.75 Å². The number of nitrogens with zero attached hydrogens (tertiary/aromatic N) is 1. The van der Waals surface area contributed by atoms with Crippen LogP contribution in [0.25, 0.3) is 0 Å². The molecule has 0 bridgehead atoms. The third kappa shape index (κ3) is 6.63. The highest BCUT2D eigenvalue weighted by Crippen LogP contribution is 2.17. The Balaban J connectivity index is 1.75. The summed E-state index contributed by atoms with van der Waals surface area (Å²) >= 11 is 0. The Morgan fingerprint density at radius 2 is 1.88 bits per heavy atom. The highest BCUT2D eigenvalue weighted by molar-refractivity contribution is 5.91. The molecule has 1 saturated heterocycles. The highest BCUT2D eigenvalue weighted by atomic mass is 19.3. The summed E-state index contributed by atoms with van der Waals surface area (Å²) in [6, 6.07) is 5.65. The van der Waals surface area contributed by atoms with Crippen LogP contribution in [0.4, 0.5) is 14.5 Å². The number of amides is 2. The van der Waals surface area contributed by atoms with Crippen LogP contribution in [-0.4, -0.2) is 69.8 Å². The molecule has 1 aliphatic heterocycles. The minimum Gasteiger partial charge on any atom is -0.435 e.